The standard InChI is InChI=1S/C18H16N2O8/c1-25-15(21)11-7-19(17(23)27-3)13-6-10-12(16(22)26-2)8-20(18(24)28-4)14(10)5-9(11)13/h5-8H,1-4H3. The van der Waals surface area contributed by atoms with E-state index in [2.05, 4.69) is 0 Å². The molecule has 0 atom stereocenters. The van der Waals surface area contributed by atoms with Crippen LogP contribution < -0.4 is 0 Å². The Labute approximate surface area is 158 Å². The summed E-state index contributed by atoms with van der Waals surface area (Å²) in [5, 5.41) is 0.647. The Hall–Kier alpha value is -3.82. The molecule has 10 nitrogen and oxygen atoms in total. The third-order valence-corrected chi connectivity index (χ3v) is 4.28. The number of methoxy groups -OCH3 is 4. The lowest BCUT2D eigenvalue weighted by atomic mass is 10.1. The zero-order chi connectivity index (χ0) is 20.6. The molecule has 0 saturated heterocycles. The lowest BCUT2D eigenvalue weighted by molar-refractivity contribution is 0.0593. The number of carbonyl (C=O) groups is 4. The van der Waals surface area contributed by atoms with E-state index in [1.807, 2.05) is 0 Å². The molecule has 28 heavy (non-hydrogen) atoms. The van der Waals surface area contributed by atoms with Crippen molar-refractivity contribution < 1.29 is 38.1 Å². The van der Waals surface area contributed by atoms with Crippen LogP contribution in [0.2, 0.25) is 0 Å². The second-order valence-corrected chi connectivity index (χ2v) is 5.64. The molecular weight excluding hydrogens is 372 g/mol. The van der Waals surface area contributed by atoms with Crippen molar-refractivity contribution in [1.82, 2.24) is 9.13 Å². The minimum atomic E-state index is -0.744. The molecule has 0 amide bonds. The molecule has 0 unspecified atom stereocenters. The summed E-state index contributed by atoms with van der Waals surface area (Å²) >= 11 is 0. The van der Waals surface area contributed by atoms with Crippen LogP contribution in [0.3, 0.4) is 0 Å². The second kappa shape index (κ2) is 7.06. The zero-order valence-electron chi connectivity index (χ0n) is 15.5. The quantitative estimate of drug-likeness (QED) is 0.485. The molecule has 0 radical (unpaired) electrons. The molecule has 146 valence electrons. The van der Waals surface area contributed by atoms with Crippen molar-refractivity contribution >= 4 is 45.9 Å². The fraction of sp³-hybridized carbons (Fsp3) is 0.222. The molecule has 0 saturated carbocycles. The topological polar surface area (TPSA) is 115 Å². The summed E-state index contributed by atoms with van der Waals surface area (Å²) < 4.78 is 21.2. The van der Waals surface area contributed by atoms with Gasteiger partial charge in [-0.25, -0.2) is 19.2 Å². The first-order chi connectivity index (χ1) is 13.4. The molecule has 0 aliphatic rings. The van der Waals surface area contributed by atoms with Gasteiger partial charge in [0.2, 0.25) is 0 Å². The average molecular weight is 388 g/mol. The predicted octanol–water partition coefficient (Wildman–Crippen LogP) is 2.40. The normalized spacial score (nSPS) is 10.7. The number of ether oxygens (including phenoxy) is 4. The van der Waals surface area contributed by atoms with Crippen LogP contribution in [0, 0.1) is 0 Å². The first-order valence-electron chi connectivity index (χ1n) is 7.91. The van der Waals surface area contributed by atoms with E-state index in [1.54, 1.807) is 0 Å². The molecule has 0 aliphatic carbocycles. The summed E-state index contributed by atoms with van der Waals surface area (Å²) in [4.78, 5) is 48.6. The second-order valence-electron chi connectivity index (χ2n) is 5.64. The molecule has 0 aliphatic heterocycles. The highest BCUT2D eigenvalue weighted by atomic mass is 16.5. The maximum absolute atomic E-state index is 12.2. The molecule has 0 N–H and O–H groups in total. The van der Waals surface area contributed by atoms with E-state index >= 15 is 0 Å². The van der Waals surface area contributed by atoms with E-state index in [4.69, 9.17) is 18.9 Å². The van der Waals surface area contributed by atoms with Crippen LogP contribution in [0.4, 0.5) is 9.59 Å². The molecule has 0 spiro atoms. The highest BCUT2D eigenvalue weighted by Crippen LogP contribution is 2.31. The Morgan fingerprint density at radius 1 is 0.643 bits per heavy atom. The van der Waals surface area contributed by atoms with E-state index in [-0.39, 0.29) is 22.2 Å². The number of benzene rings is 1. The van der Waals surface area contributed by atoms with Crippen LogP contribution in [0.1, 0.15) is 20.7 Å². The number of carbonyl (C=O) groups excluding carboxylic acids is 4. The fourth-order valence-corrected chi connectivity index (χ4v) is 2.99. The number of esters is 2. The van der Waals surface area contributed by atoms with E-state index in [0.29, 0.717) is 10.8 Å². The molecule has 0 fully saturated rings. The first-order valence-corrected chi connectivity index (χ1v) is 7.91. The monoisotopic (exact) mass is 388 g/mol. The van der Waals surface area contributed by atoms with Gasteiger partial charge in [0.1, 0.15) is 0 Å². The molecule has 3 aromatic rings. The Bertz CT molecular complexity index is 967. The molecule has 1 aromatic carbocycles. The number of aromatic nitrogens is 2. The Kier molecular flexibility index (Phi) is 4.78. The molecular formula is C18H16N2O8. The molecule has 0 bridgehead atoms. The van der Waals surface area contributed by atoms with Crippen LogP contribution in [-0.2, 0) is 18.9 Å². The van der Waals surface area contributed by atoms with Crippen LogP contribution in [-0.4, -0.2) is 61.7 Å². The summed E-state index contributed by atoms with van der Waals surface area (Å²) in [7, 11) is 4.79. The van der Waals surface area contributed by atoms with Gasteiger partial charge < -0.3 is 18.9 Å². The van der Waals surface area contributed by atoms with Gasteiger partial charge >= 0.3 is 24.1 Å². The van der Waals surface area contributed by atoms with Crippen molar-refractivity contribution in [2.24, 2.45) is 0 Å². The van der Waals surface area contributed by atoms with Crippen molar-refractivity contribution in [2.75, 3.05) is 28.4 Å². The van der Waals surface area contributed by atoms with Crippen LogP contribution in [0.15, 0.2) is 24.5 Å². The summed E-state index contributed by atoms with van der Waals surface area (Å²) in [5.41, 5.74) is 0.740. The van der Waals surface area contributed by atoms with Crippen LogP contribution in [0.25, 0.3) is 21.8 Å². The van der Waals surface area contributed by atoms with Crippen molar-refractivity contribution in [3.05, 3.63) is 35.7 Å². The minimum Gasteiger partial charge on any atom is -0.465 e. The van der Waals surface area contributed by atoms with Crippen molar-refractivity contribution in [2.45, 2.75) is 0 Å². The summed E-state index contributed by atoms with van der Waals surface area (Å²) in [5.74, 6) is -1.37. The van der Waals surface area contributed by atoms with Crippen molar-refractivity contribution in [3.63, 3.8) is 0 Å². The largest absolute Gasteiger partial charge is 0.465 e. The number of fused-ring (bicyclic) bond motifs is 2. The SMILES string of the molecule is COC(=O)c1cn(C(=O)OC)c2cc3c(C(=O)OC)cn(C(=O)OC)c3cc12. The lowest BCUT2D eigenvalue weighted by Gasteiger charge is -2.04. The van der Waals surface area contributed by atoms with E-state index in [0.717, 1.165) is 9.13 Å². The fourth-order valence-electron chi connectivity index (χ4n) is 2.99. The number of hydrogen-bond acceptors (Lipinski definition) is 8. The number of hydrogen-bond donors (Lipinski definition) is 0. The van der Waals surface area contributed by atoms with Crippen LogP contribution >= 0.6 is 0 Å². The number of nitrogens with zero attached hydrogens (tertiary/aromatic N) is 2. The van der Waals surface area contributed by atoms with E-state index < -0.39 is 24.1 Å². The van der Waals surface area contributed by atoms with Gasteiger partial charge in [-0.1, -0.05) is 0 Å². The van der Waals surface area contributed by atoms with Gasteiger partial charge in [-0.3, -0.25) is 9.13 Å². The van der Waals surface area contributed by atoms with Crippen molar-refractivity contribution in [1.29, 1.82) is 0 Å². The lowest BCUT2D eigenvalue weighted by Crippen LogP contribution is -2.10. The Morgan fingerprint density at radius 2 is 1.00 bits per heavy atom. The van der Waals surface area contributed by atoms with Crippen molar-refractivity contribution in [3.8, 4) is 0 Å². The van der Waals surface area contributed by atoms with Gasteiger partial charge in [-0.05, 0) is 12.1 Å². The summed E-state index contributed by atoms with van der Waals surface area (Å²) in [6, 6.07) is 2.97. The van der Waals surface area contributed by atoms with Gasteiger partial charge in [0.25, 0.3) is 0 Å². The zero-order valence-corrected chi connectivity index (χ0v) is 15.5. The van der Waals surface area contributed by atoms with Crippen LogP contribution in [0.5, 0.6) is 0 Å². The Balaban J connectivity index is 2.46. The molecule has 2 aromatic heterocycles. The van der Waals surface area contributed by atoms with Gasteiger partial charge in [0, 0.05) is 23.2 Å². The average Bonchev–Trinajstić information content (AvgIpc) is 3.28. The Morgan fingerprint density at radius 3 is 1.29 bits per heavy atom. The third kappa shape index (κ3) is 2.75. The number of rotatable bonds is 2. The summed E-state index contributed by atoms with van der Waals surface area (Å²) in [6.45, 7) is 0. The smallest absolute Gasteiger partial charge is 0.418 e. The van der Waals surface area contributed by atoms with Gasteiger partial charge in [-0.2, -0.15) is 0 Å². The minimum absolute atomic E-state index is 0.0852. The van der Waals surface area contributed by atoms with E-state index in [1.165, 1.54) is 53.0 Å². The maximum atomic E-state index is 12.2. The first kappa shape index (κ1) is 19.0. The maximum Gasteiger partial charge on any atom is 0.418 e. The summed E-state index contributed by atoms with van der Waals surface area (Å²) in [6.07, 6.45) is 1.04. The molecule has 10 heteroatoms. The van der Waals surface area contributed by atoms with Gasteiger partial charge in [0.15, 0.2) is 0 Å². The highest BCUT2D eigenvalue weighted by Gasteiger charge is 2.25. The van der Waals surface area contributed by atoms with Gasteiger partial charge in [0.05, 0.1) is 50.6 Å². The van der Waals surface area contributed by atoms with Gasteiger partial charge in [-0.15, -0.1) is 0 Å². The van der Waals surface area contributed by atoms with E-state index in [9.17, 15) is 19.2 Å². The predicted molar refractivity (Wildman–Crippen MR) is 95.7 cm³/mol. The molecule has 2 heterocycles. The highest BCUT2D eigenvalue weighted by molar-refractivity contribution is 6.15. The third-order valence-electron chi connectivity index (χ3n) is 4.28. The molecule has 3 rings (SSSR count).